The average molecular weight is 379 g/mol. The molecule has 8 heteroatoms. The molecule has 0 saturated carbocycles. The van der Waals surface area contributed by atoms with Gasteiger partial charge >= 0.3 is 0 Å². The van der Waals surface area contributed by atoms with Gasteiger partial charge in [-0.1, -0.05) is 23.7 Å². The minimum absolute atomic E-state index is 0.144. The van der Waals surface area contributed by atoms with E-state index in [9.17, 15) is 4.79 Å². The molecule has 0 aliphatic rings. The Labute approximate surface area is 158 Å². The number of methoxy groups -OCH3 is 2. The van der Waals surface area contributed by atoms with Crippen molar-refractivity contribution in [3.63, 3.8) is 0 Å². The molecule has 0 bridgehead atoms. The number of nitrogens with one attached hydrogen (secondary N) is 1. The molecule has 1 aromatic heterocycles. The fourth-order valence-electron chi connectivity index (χ4n) is 2.53. The summed E-state index contributed by atoms with van der Waals surface area (Å²) < 4.78 is 10.6. The smallest absolute Gasteiger partial charge is 0.271 e. The summed E-state index contributed by atoms with van der Waals surface area (Å²) >= 11 is 6.12. The Morgan fingerprint density at radius 2 is 1.96 bits per heavy atom. The van der Waals surface area contributed by atoms with Crippen molar-refractivity contribution in [2.24, 2.45) is 0 Å². The minimum Gasteiger partial charge on any atom is -0.493 e. The maximum atomic E-state index is 12.6. The molecule has 0 unspecified atom stereocenters. The van der Waals surface area contributed by atoms with E-state index in [1.807, 2.05) is 30.9 Å². The van der Waals surface area contributed by atoms with E-state index in [1.165, 1.54) is 6.20 Å². The molecule has 0 radical (unpaired) electrons. The van der Waals surface area contributed by atoms with Gasteiger partial charge in [-0.2, -0.15) is 0 Å². The van der Waals surface area contributed by atoms with E-state index < -0.39 is 0 Å². The van der Waals surface area contributed by atoms with Gasteiger partial charge in [-0.15, -0.1) is 0 Å². The van der Waals surface area contributed by atoms with Crippen LogP contribution in [0, 0.1) is 0 Å². The number of halogens is 1. The van der Waals surface area contributed by atoms with E-state index >= 15 is 0 Å². The Morgan fingerprint density at radius 1 is 1.23 bits per heavy atom. The first-order valence-electron chi connectivity index (χ1n) is 8.31. The summed E-state index contributed by atoms with van der Waals surface area (Å²) in [5, 5.41) is 3.02. The number of nitrogens with zero attached hydrogens (tertiary/aromatic N) is 3. The van der Waals surface area contributed by atoms with E-state index in [0.717, 1.165) is 18.7 Å². The molecule has 7 nitrogen and oxygen atoms in total. The number of carbonyl (C=O) groups is 1. The van der Waals surface area contributed by atoms with Gasteiger partial charge in [-0.25, -0.2) is 9.97 Å². The summed E-state index contributed by atoms with van der Waals surface area (Å²) in [5.74, 6) is 1.27. The van der Waals surface area contributed by atoms with Crippen molar-refractivity contribution in [2.45, 2.75) is 20.4 Å². The number of ether oxygens (including phenoxy) is 2. The monoisotopic (exact) mass is 378 g/mol. The lowest BCUT2D eigenvalue weighted by molar-refractivity contribution is 0.0945. The summed E-state index contributed by atoms with van der Waals surface area (Å²) in [6.07, 6.45) is 1.45. The molecule has 26 heavy (non-hydrogen) atoms. The summed E-state index contributed by atoms with van der Waals surface area (Å²) in [7, 11) is 3.12. The number of para-hydroxylation sites is 1. The van der Waals surface area contributed by atoms with Crippen LogP contribution in [-0.2, 0) is 6.54 Å². The normalized spacial score (nSPS) is 10.3. The molecular weight excluding hydrogens is 356 g/mol. The predicted molar refractivity (Wildman–Crippen MR) is 101 cm³/mol. The number of amides is 1. The topological polar surface area (TPSA) is 76.6 Å². The van der Waals surface area contributed by atoms with Crippen molar-refractivity contribution in [1.29, 1.82) is 0 Å². The number of rotatable bonds is 8. The van der Waals surface area contributed by atoms with Gasteiger partial charge in [0.1, 0.15) is 0 Å². The fourth-order valence-corrected chi connectivity index (χ4v) is 2.70. The van der Waals surface area contributed by atoms with Gasteiger partial charge in [0, 0.05) is 25.2 Å². The summed E-state index contributed by atoms with van der Waals surface area (Å²) in [5.41, 5.74) is 0.930. The lowest BCUT2D eigenvalue weighted by Gasteiger charge is -2.19. The van der Waals surface area contributed by atoms with Gasteiger partial charge in [-0.05, 0) is 19.9 Å². The SMILES string of the molecule is CCN(CC)c1ncc(Cl)c(C(=O)NCc2cccc(OC)c2OC)n1. The van der Waals surface area contributed by atoms with Crippen molar-refractivity contribution in [3.05, 3.63) is 40.7 Å². The molecule has 0 atom stereocenters. The summed E-state index contributed by atoms with van der Waals surface area (Å²) in [4.78, 5) is 23.0. The lowest BCUT2D eigenvalue weighted by Crippen LogP contribution is -2.28. The van der Waals surface area contributed by atoms with Gasteiger partial charge in [0.25, 0.3) is 5.91 Å². The van der Waals surface area contributed by atoms with Gasteiger partial charge in [0.05, 0.1) is 25.4 Å². The summed E-state index contributed by atoms with van der Waals surface area (Å²) in [6, 6.07) is 5.48. The van der Waals surface area contributed by atoms with Crippen LogP contribution >= 0.6 is 11.6 Å². The first kappa shape index (κ1) is 19.8. The maximum Gasteiger partial charge on any atom is 0.271 e. The Bertz CT molecular complexity index is 766. The quantitative estimate of drug-likeness (QED) is 0.761. The van der Waals surface area contributed by atoms with Crippen LogP contribution in [0.1, 0.15) is 29.9 Å². The van der Waals surface area contributed by atoms with E-state index in [0.29, 0.717) is 17.4 Å². The summed E-state index contributed by atoms with van der Waals surface area (Å²) in [6.45, 7) is 5.72. The third-order valence-electron chi connectivity index (χ3n) is 3.92. The number of aromatic nitrogens is 2. The average Bonchev–Trinajstić information content (AvgIpc) is 2.67. The second-order valence-corrected chi connectivity index (χ2v) is 5.78. The Morgan fingerprint density at radius 3 is 2.58 bits per heavy atom. The van der Waals surface area contributed by atoms with Crippen LogP contribution in [0.4, 0.5) is 5.95 Å². The number of anilines is 1. The molecule has 0 aliphatic carbocycles. The zero-order valence-corrected chi connectivity index (χ0v) is 16.1. The molecule has 0 aliphatic heterocycles. The van der Waals surface area contributed by atoms with Crippen LogP contribution in [0.3, 0.4) is 0 Å². The molecule has 2 aromatic rings. The second kappa shape index (κ2) is 9.24. The first-order valence-corrected chi connectivity index (χ1v) is 8.68. The fraction of sp³-hybridized carbons (Fsp3) is 0.389. The predicted octanol–water partition coefficient (Wildman–Crippen LogP) is 2.92. The molecule has 1 amide bonds. The molecule has 2 rings (SSSR count). The lowest BCUT2D eigenvalue weighted by atomic mass is 10.2. The van der Waals surface area contributed by atoms with Crippen LogP contribution in [0.15, 0.2) is 24.4 Å². The highest BCUT2D eigenvalue weighted by Gasteiger charge is 2.17. The largest absolute Gasteiger partial charge is 0.493 e. The molecule has 0 fully saturated rings. The van der Waals surface area contributed by atoms with Crippen LogP contribution < -0.4 is 19.7 Å². The molecule has 0 spiro atoms. The second-order valence-electron chi connectivity index (χ2n) is 5.37. The zero-order chi connectivity index (χ0) is 19.1. The highest BCUT2D eigenvalue weighted by molar-refractivity contribution is 6.33. The first-order chi connectivity index (χ1) is 12.5. The third kappa shape index (κ3) is 4.35. The van der Waals surface area contributed by atoms with Gasteiger partial charge in [0.2, 0.25) is 5.95 Å². The van der Waals surface area contributed by atoms with Gasteiger partial charge < -0.3 is 19.7 Å². The van der Waals surface area contributed by atoms with Crippen LogP contribution in [0.5, 0.6) is 11.5 Å². The van der Waals surface area contributed by atoms with Crippen LogP contribution in [0.2, 0.25) is 5.02 Å². The van der Waals surface area contributed by atoms with Gasteiger partial charge in [0.15, 0.2) is 17.2 Å². The highest BCUT2D eigenvalue weighted by Crippen LogP contribution is 2.30. The standard InChI is InChI=1S/C18H23ClN4O3/c1-5-23(6-2)18-21-11-13(19)15(22-18)17(24)20-10-12-8-7-9-14(25-3)16(12)26-4/h7-9,11H,5-6,10H2,1-4H3,(H,20,24). The van der Waals surface area contributed by atoms with Gasteiger partial charge in [-0.3, -0.25) is 4.79 Å². The van der Waals surface area contributed by atoms with Crippen LogP contribution in [-0.4, -0.2) is 43.2 Å². The Kier molecular flexibility index (Phi) is 7.03. The van der Waals surface area contributed by atoms with Crippen LogP contribution in [0.25, 0.3) is 0 Å². The van der Waals surface area contributed by atoms with Crippen molar-refractivity contribution in [3.8, 4) is 11.5 Å². The Balaban J connectivity index is 2.20. The molecule has 1 aromatic carbocycles. The zero-order valence-electron chi connectivity index (χ0n) is 15.4. The van der Waals surface area contributed by atoms with Crippen molar-refractivity contribution < 1.29 is 14.3 Å². The van der Waals surface area contributed by atoms with Crippen molar-refractivity contribution >= 4 is 23.5 Å². The van der Waals surface area contributed by atoms with Crippen molar-refractivity contribution in [1.82, 2.24) is 15.3 Å². The molecule has 1 N–H and O–H groups in total. The number of hydrogen-bond acceptors (Lipinski definition) is 6. The maximum absolute atomic E-state index is 12.6. The minimum atomic E-state index is -0.379. The molecule has 140 valence electrons. The van der Waals surface area contributed by atoms with E-state index in [1.54, 1.807) is 20.3 Å². The van der Waals surface area contributed by atoms with E-state index in [2.05, 4.69) is 15.3 Å². The molecule has 0 saturated heterocycles. The highest BCUT2D eigenvalue weighted by atomic mass is 35.5. The molecular formula is C18H23ClN4O3. The molecule has 1 heterocycles. The van der Waals surface area contributed by atoms with E-state index in [-0.39, 0.29) is 23.2 Å². The van der Waals surface area contributed by atoms with Crippen molar-refractivity contribution in [2.75, 3.05) is 32.2 Å². The number of benzene rings is 1. The Hall–Kier alpha value is -2.54. The third-order valence-corrected chi connectivity index (χ3v) is 4.19. The number of carbonyl (C=O) groups excluding carboxylic acids is 1. The number of hydrogen-bond donors (Lipinski definition) is 1. The van der Waals surface area contributed by atoms with E-state index in [4.69, 9.17) is 21.1 Å².